The maximum absolute atomic E-state index is 12.0. The molecule has 154 valence electrons. The molecule has 0 aliphatic heterocycles. The minimum Gasteiger partial charge on any atom is -0.497 e. The molecule has 2 aromatic carbocycles. The van der Waals surface area contributed by atoms with Gasteiger partial charge in [-0.3, -0.25) is 0 Å². The molecule has 1 atom stereocenters. The highest BCUT2D eigenvalue weighted by Crippen LogP contribution is 2.28. The van der Waals surface area contributed by atoms with Gasteiger partial charge in [-0.05, 0) is 41.8 Å². The molecule has 0 aliphatic rings. The number of allylic oxidation sites excluding steroid dienone is 1. The van der Waals surface area contributed by atoms with Crippen molar-refractivity contribution in [3.63, 3.8) is 0 Å². The van der Waals surface area contributed by atoms with Crippen molar-refractivity contribution in [3.05, 3.63) is 65.7 Å². The summed E-state index contributed by atoms with van der Waals surface area (Å²) in [5, 5.41) is 9.39. The Morgan fingerprint density at radius 2 is 1.59 bits per heavy atom. The Bertz CT molecular complexity index is 856. The summed E-state index contributed by atoms with van der Waals surface area (Å²) in [6, 6.07) is 12.4. The fraction of sp³-hybridized carbons (Fsp3) is 0.273. The predicted octanol–water partition coefficient (Wildman–Crippen LogP) is 3.05. The van der Waals surface area contributed by atoms with Gasteiger partial charge in [-0.25, -0.2) is 9.59 Å². The summed E-state index contributed by atoms with van der Waals surface area (Å²) in [6.45, 7) is 0. The van der Waals surface area contributed by atoms with Crippen LogP contribution in [0.2, 0.25) is 0 Å². The molecular weight excluding hydrogens is 376 g/mol. The lowest BCUT2D eigenvalue weighted by molar-refractivity contribution is -0.160. The third kappa shape index (κ3) is 6.57. The molecule has 0 aromatic heterocycles. The Morgan fingerprint density at radius 3 is 2.17 bits per heavy atom. The summed E-state index contributed by atoms with van der Waals surface area (Å²) in [5.41, 5.74) is 1.63. The molecule has 7 heteroatoms. The highest BCUT2D eigenvalue weighted by Gasteiger charge is 2.22. The summed E-state index contributed by atoms with van der Waals surface area (Å²) >= 11 is 0. The second-order valence-corrected chi connectivity index (χ2v) is 6.11. The Morgan fingerprint density at radius 1 is 0.931 bits per heavy atom. The second-order valence-electron chi connectivity index (χ2n) is 6.11. The van der Waals surface area contributed by atoms with Crippen LogP contribution in [0.4, 0.5) is 0 Å². The number of ether oxygens (including phenoxy) is 4. The molecule has 0 bridgehead atoms. The zero-order valence-electron chi connectivity index (χ0n) is 16.6. The summed E-state index contributed by atoms with van der Waals surface area (Å²) in [5.74, 6) is -0.193. The molecule has 7 nitrogen and oxygen atoms in total. The van der Waals surface area contributed by atoms with Crippen LogP contribution in [-0.4, -0.2) is 44.5 Å². The number of carboxylic acids is 1. The van der Waals surface area contributed by atoms with Crippen LogP contribution in [0.3, 0.4) is 0 Å². The topological polar surface area (TPSA) is 91.3 Å². The smallest absolute Gasteiger partial charge is 0.345 e. The third-order valence-electron chi connectivity index (χ3n) is 4.17. The Balaban J connectivity index is 1.96. The minimum absolute atomic E-state index is 0.00769. The van der Waals surface area contributed by atoms with E-state index in [9.17, 15) is 14.7 Å². The van der Waals surface area contributed by atoms with Gasteiger partial charge in [-0.2, -0.15) is 0 Å². The van der Waals surface area contributed by atoms with Crippen molar-refractivity contribution in [2.45, 2.75) is 18.9 Å². The van der Waals surface area contributed by atoms with Gasteiger partial charge in [0.25, 0.3) is 0 Å². The lowest BCUT2D eigenvalue weighted by Crippen LogP contribution is -2.28. The van der Waals surface area contributed by atoms with Gasteiger partial charge < -0.3 is 24.1 Å². The third-order valence-corrected chi connectivity index (χ3v) is 4.17. The molecule has 0 aliphatic carbocycles. The quantitative estimate of drug-likeness (QED) is 0.484. The molecule has 0 radical (unpaired) electrons. The molecule has 0 amide bonds. The van der Waals surface area contributed by atoms with E-state index in [4.69, 9.17) is 18.9 Å². The average molecular weight is 400 g/mol. The van der Waals surface area contributed by atoms with Crippen LogP contribution in [0.25, 0.3) is 0 Å². The number of rotatable bonds is 10. The standard InChI is InChI=1S/C22H24O7/c1-26-17-10-7-15(8-11-17)5-4-6-21(23)29-20(22(24)25)14-16-9-12-18(27-2)19(13-16)28-3/h4,6-13,20H,5,14H2,1-3H3,(H,24,25)/b6-4+. The first-order chi connectivity index (χ1) is 14.0. The van der Waals surface area contributed by atoms with Crippen LogP contribution in [0.15, 0.2) is 54.6 Å². The number of carbonyl (C=O) groups excluding carboxylic acids is 1. The fourth-order valence-corrected chi connectivity index (χ4v) is 2.63. The van der Waals surface area contributed by atoms with E-state index in [-0.39, 0.29) is 6.42 Å². The number of benzene rings is 2. The maximum Gasteiger partial charge on any atom is 0.345 e. The largest absolute Gasteiger partial charge is 0.497 e. The van der Waals surface area contributed by atoms with Gasteiger partial charge in [0.15, 0.2) is 11.5 Å². The second kappa shape index (κ2) is 10.8. The van der Waals surface area contributed by atoms with Crippen LogP contribution in [0, 0.1) is 0 Å². The van der Waals surface area contributed by atoms with Gasteiger partial charge in [0.05, 0.1) is 21.3 Å². The summed E-state index contributed by atoms with van der Waals surface area (Å²) in [7, 11) is 4.59. The number of aliphatic carboxylic acids is 1. The van der Waals surface area contributed by atoms with E-state index < -0.39 is 18.0 Å². The SMILES string of the molecule is COc1ccc(C/C=C/C(=O)OC(Cc2ccc(OC)c(OC)c2)C(=O)O)cc1. The first-order valence-electron chi connectivity index (χ1n) is 8.90. The maximum atomic E-state index is 12.0. The van der Waals surface area contributed by atoms with E-state index in [1.54, 1.807) is 31.4 Å². The zero-order valence-corrected chi connectivity index (χ0v) is 16.6. The molecule has 0 fully saturated rings. The number of carbonyl (C=O) groups is 2. The van der Waals surface area contributed by atoms with E-state index in [0.29, 0.717) is 23.5 Å². The number of methoxy groups -OCH3 is 3. The highest BCUT2D eigenvalue weighted by molar-refractivity contribution is 5.85. The normalized spacial score (nSPS) is 11.7. The molecule has 2 rings (SSSR count). The van der Waals surface area contributed by atoms with Gasteiger partial charge in [0.1, 0.15) is 5.75 Å². The van der Waals surface area contributed by atoms with Crippen LogP contribution < -0.4 is 14.2 Å². The van der Waals surface area contributed by atoms with Crippen molar-refractivity contribution in [2.24, 2.45) is 0 Å². The Labute approximate surface area is 169 Å². The van der Waals surface area contributed by atoms with E-state index in [1.165, 1.54) is 20.3 Å². The molecule has 1 unspecified atom stereocenters. The van der Waals surface area contributed by atoms with Crippen LogP contribution >= 0.6 is 0 Å². The van der Waals surface area contributed by atoms with E-state index in [0.717, 1.165) is 11.3 Å². The molecule has 1 N–H and O–H groups in total. The van der Waals surface area contributed by atoms with Crippen molar-refractivity contribution in [2.75, 3.05) is 21.3 Å². The molecule has 29 heavy (non-hydrogen) atoms. The molecule has 2 aromatic rings. The minimum atomic E-state index is -1.31. The van der Waals surface area contributed by atoms with Crippen molar-refractivity contribution in [3.8, 4) is 17.2 Å². The van der Waals surface area contributed by atoms with Crippen molar-refractivity contribution < 1.29 is 33.6 Å². The summed E-state index contributed by atoms with van der Waals surface area (Å²) in [6.07, 6.45) is 2.06. The molecule has 0 spiro atoms. The van der Waals surface area contributed by atoms with Crippen LogP contribution in [-0.2, 0) is 27.2 Å². The molecule has 0 saturated heterocycles. The molecular formula is C22H24O7. The van der Waals surface area contributed by atoms with Crippen LogP contribution in [0.1, 0.15) is 11.1 Å². The summed E-state index contributed by atoms with van der Waals surface area (Å²) in [4.78, 5) is 23.5. The van der Waals surface area contributed by atoms with Crippen molar-refractivity contribution >= 4 is 11.9 Å². The van der Waals surface area contributed by atoms with E-state index in [2.05, 4.69) is 0 Å². The fourth-order valence-electron chi connectivity index (χ4n) is 2.63. The Hall–Kier alpha value is -3.48. The zero-order chi connectivity index (χ0) is 21.2. The van der Waals surface area contributed by atoms with Gasteiger partial charge in [0.2, 0.25) is 6.10 Å². The number of carboxylic acid groups (broad SMARTS) is 1. The predicted molar refractivity (Wildman–Crippen MR) is 107 cm³/mol. The number of esters is 1. The van der Waals surface area contributed by atoms with Crippen molar-refractivity contribution in [1.29, 1.82) is 0 Å². The van der Waals surface area contributed by atoms with Gasteiger partial charge in [0, 0.05) is 12.5 Å². The number of hydrogen-bond acceptors (Lipinski definition) is 6. The average Bonchev–Trinajstić information content (AvgIpc) is 2.73. The lowest BCUT2D eigenvalue weighted by Gasteiger charge is -2.14. The summed E-state index contributed by atoms with van der Waals surface area (Å²) < 4.78 is 20.6. The first-order valence-corrected chi connectivity index (χ1v) is 8.90. The Kier molecular flexibility index (Phi) is 8.09. The van der Waals surface area contributed by atoms with Gasteiger partial charge in [-0.15, -0.1) is 0 Å². The molecule has 0 saturated carbocycles. The number of hydrogen-bond donors (Lipinski definition) is 1. The highest BCUT2D eigenvalue weighted by atomic mass is 16.6. The lowest BCUT2D eigenvalue weighted by atomic mass is 10.1. The monoisotopic (exact) mass is 400 g/mol. The van der Waals surface area contributed by atoms with E-state index in [1.807, 2.05) is 24.3 Å². The van der Waals surface area contributed by atoms with Crippen LogP contribution in [0.5, 0.6) is 17.2 Å². The van der Waals surface area contributed by atoms with Gasteiger partial charge in [-0.1, -0.05) is 24.3 Å². The van der Waals surface area contributed by atoms with Gasteiger partial charge >= 0.3 is 11.9 Å². The van der Waals surface area contributed by atoms with E-state index >= 15 is 0 Å². The first kappa shape index (κ1) is 21.8. The molecule has 0 heterocycles. The van der Waals surface area contributed by atoms with Crippen molar-refractivity contribution in [1.82, 2.24) is 0 Å².